The normalized spacial score (nSPS) is 19.3. The van der Waals surface area contributed by atoms with E-state index < -0.39 is 0 Å². The van der Waals surface area contributed by atoms with Gasteiger partial charge in [-0.3, -0.25) is 0 Å². The van der Waals surface area contributed by atoms with Gasteiger partial charge in [0.15, 0.2) is 0 Å². The number of isocyanates is 1. The topological polar surface area (TPSA) is 29.4 Å². The first-order chi connectivity index (χ1) is 6.33. The number of nitrogens with zero attached hydrogens (tertiary/aromatic N) is 1. The molecular weight excluding hydrogens is 169 g/mol. The van der Waals surface area contributed by atoms with E-state index in [9.17, 15) is 9.18 Å². The van der Waals surface area contributed by atoms with E-state index in [2.05, 4.69) is 4.99 Å². The van der Waals surface area contributed by atoms with Crippen LogP contribution in [0.1, 0.15) is 23.6 Å². The van der Waals surface area contributed by atoms with E-state index in [-0.39, 0.29) is 11.9 Å². The molecule has 66 valence electrons. The first-order valence-electron chi connectivity index (χ1n) is 4.17. The molecule has 0 spiro atoms. The zero-order valence-electron chi connectivity index (χ0n) is 6.96. The Morgan fingerprint density at radius 1 is 1.54 bits per heavy atom. The molecule has 0 heterocycles. The van der Waals surface area contributed by atoms with Gasteiger partial charge in [0.25, 0.3) is 0 Å². The molecular formula is C10H8FNO. The number of hydrogen-bond acceptors (Lipinski definition) is 2. The van der Waals surface area contributed by atoms with Crippen molar-refractivity contribution in [2.24, 2.45) is 4.99 Å². The number of hydrogen-bond donors (Lipinski definition) is 0. The molecule has 0 saturated carbocycles. The molecule has 0 radical (unpaired) electrons. The fraction of sp³-hybridized carbons (Fsp3) is 0.300. The van der Waals surface area contributed by atoms with Crippen LogP contribution in [0.25, 0.3) is 0 Å². The Labute approximate surface area is 75.1 Å². The molecule has 0 aliphatic heterocycles. The quantitative estimate of drug-likeness (QED) is 0.477. The highest BCUT2D eigenvalue weighted by Gasteiger charge is 2.24. The third-order valence-electron chi connectivity index (χ3n) is 2.37. The number of rotatable bonds is 1. The summed E-state index contributed by atoms with van der Waals surface area (Å²) >= 11 is 0. The maximum atomic E-state index is 13.3. The lowest BCUT2D eigenvalue weighted by Gasteiger charge is -2.03. The van der Waals surface area contributed by atoms with Gasteiger partial charge in [-0.1, -0.05) is 12.1 Å². The second-order valence-electron chi connectivity index (χ2n) is 3.09. The Hall–Kier alpha value is -1.47. The van der Waals surface area contributed by atoms with Gasteiger partial charge in [0.1, 0.15) is 5.82 Å². The average Bonchev–Trinajstić information content (AvgIpc) is 2.51. The minimum Gasteiger partial charge on any atom is -0.211 e. The fourth-order valence-electron chi connectivity index (χ4n) is 1.80. The van der Waals surface area contributed by atoms with Crippen LogP contribution >= 0.6 is 0 Å². The van der Waals surface area contributed by atoms with Gasteiger partial charge in [-0.25, -0.2) is 9.18 Å². The summed E-state index contributed by atoms with van der Waals surface area (Å²) in [6, 6.07) is 4.64. The molecule has 1 aliphatic carbocycles. The Balaban J connectivity index is 2.51. The zero-order chi connectivity index (χ0) is 9.26. The summed E-state index contributed by atoms with van der Waals surface area (Å²) in [5.74, 6) is -0.265. The summed E-state index contributed by atoms with van der Waals surface area (Å²) in [6.07, 6.45) is 2.99. The highest BCUT2D eigenvalue weighted by Crippen LogP contribution is 2.35. The second kappa shape index (κ2) is 3.11. The molecule has 13 heavy (non-hydrogen) atoms. The molecule has 1 aliphatic rings. The van der Waals surface area contributed by atoms with Crippen LogP contribution < -0.4 is 0 Å². The summed E-state index contributed by atoms with van der Waals surface area (Å²) < 4.78 is 13.3. The number of benzene rings is 1. The van der Waals surface area contributed by atoms with Gasteiger partial charge in [0.2, 0.25) is 6.08 Å². The Bertz CT molecular complexity index is 383. The van der Waals surface area contributed by atoms with Crippen molar-refractivity contribution in [1.29, 1.82) is 0 Å². The number of fused-ring (bicyclic) bond motifs is 1. The van der Waals surface area contributed by atoms with E-state index in [4.69, 9.17) is 0 Å². The molecule has 1 unspecified atom stereocenters. The monoisotopic (exact) mass is 177 g/mol. The maximum Gasteiger partial charge on any atom is 0.235 e. The summed E-state index contributed by atoms with van der Waals surface area (Å²) in [7, 11) is 0. The number of aryl methyl sites for hydroxylation is 1. The zero-order valence-corrected chi connectivity index (χ0v) is 6.96. The molecule has 2 nitrogen and oxygen atoms in total. The summed E-state index contributed by atoms with van der Waals surface area (Å²) in [5, 5.41) is 0. The first kappa shape index (κ1) is 8.14. The lowest BCUT2D eigenvalue weighted by atomic mass is 10.1. The van der Waals surface area contributed by atoms with Gasteiger partial charge in [-0.15, -0.1) is 0 Å². The number of aliphatic imine (C=N–C) groups is 1. The van der Waals surface area contributed by atoms with Gasteiger partial charge in [0.05, 0.1) is 6.04 Å². The van der Waals surface area contributed by atoms with Crippen LogP contribution in [-0.4, -0.2) is 6.08 Å². The van der Waals surface area contributed by atoms with Crippen LogP contribution in [0, 0.1) is 5.82 Å². The Kier molecular flexibility index (Phi) is 1.95. The van der Waals surface area contributed by atoms with Crippen molar-refractivity contribution < 1.29 is 9.18 Å². The van der Waals surface area contributed by atoms with Crippen molar-refractivity contribution in [1.82, 2.24) is 0 Å². The molecule has 0 saturated heterocycles. The lowest BCUT2D eigenvalue weighted by molar-refractivity contribution is 0.551. The largest absolute Gasteiger partial charge is 0.235 e. The van der Waals surface area contributed by atoms with Crippen LogP contribution in [0.5, 0.6) is 0 Å². The van der Waals surface area contributed by atoms with Crippen molar-refractivity contribution in [2.45, 2.75) is 18.9 Å². The summed E-state index contributed by atoms with van der Waals surface area (Å²) in [6.45, 7) is 0. The van der Waals surface area contributed by atoms with Crippen molar-refractivity contribution in [3.05, 3.63) is 35.1 Å². The predicted octanol–water partition coefficient (Wildman–Crippen LogP) is 2.15. The number of carbonyl (C=O) groups excluding carboxylic acids is 1. The molecule has 1 aromatic carbocycles. The molecule has 0 bridgehead atoms. The van der Waals surface area contributed by atoms with Crippen molar-refractivity contribution in [3.8, 4) is 0 Å². The second-order valence-corrected chi connectivity index (χ2v) is 3.09. The highest BCUT2D eigenvalue weighted by molar-refractivity contribution is 5.40. The fourth-order valence-corrected chi connectivity index (χ4v) is 1.80. The Morgan fingerprint density at radius 2 is 2.38 bits per heavy atom. The SMILES string of the molecule is O=C=NC1CCc2cccc(F)c21. The minimum absolute atomic E-state index is 0.265. The van der Waals surface area contributed by atoms with Gasteiger partial charge < -0.3 is 0 Å². The smallest absolute Gasteiger partial charge is 0.211 e. The molecule has 0 aromatic heterocycles. The van der Waals surface area contributed by atoms with Crippen LogP contribution in [-0.2, 0) is 11.2 Å². The van der Waals surface area contributed by atoms with Crippen LogP contribution in [0.3, 0.4) is 0 Å². The van der Waals surface area contributed by atoms with E-state index in [0.29, 0.717) is 12.0 Å². The van der Waals surface area contributed by atoms with Crippen LogP contribution in [0.2, 0.25) is 0 Å². The van der Waals surface area contributed by atoms with Crippen molar-refractivity contribution in [3.63, 3.8) is 0 Å². The van der Waals surface area contributed by atoms with Crippen LogP contribution in [0.15, 0.2) is 23.2 Å². The van der Waals surface area contributed by atoms with Crippen molar-refractivity contribution in [2.75, 3.05) is 0 Å². The van der Waals surface area contributed by atoms with Gasteiger partial charge in [-0.05, 0) is 24.5 Å². The third-order valence-corrected chi connectivity index (χ3v) is 2.37. The third kappa shape index (κ3) is 1.27. The maximum absolute atomic E-state index is 13.3. The van der Waals surface area contributed by atoms with E-state index in [1.165, 1.54) is 12.1 Å². The van der Waals surface area contributed by atoms with Gasteiger partial charge in [-0.2, -0.15) is 4.99 Å². The van der Waals surface area contributed by atoms with Gasteiger partial charge >= 0.3 is 0 Å². The summed E-state index contributed by atoms with van der Waals surface area (Å²) in [5.41, 5.74) is 1.54. The van der Waals surface area contributed by atoms with Gasteiger partial charge in [0, 0.05) is 5.56 Å². The molecule has 1 aromatic rings. The molecule has 0 N–H and O–H groups in total. The summed E-state index contributed by atoms with van der Waals surface area (Å²) in [4.78, 5) is 13.6. The number of halogens is 1. The molecule has 1 atom stereocenters. The van der Waals surface area contributed by atoms with E-state index >= 15 is 0 Å². The lowest BCUT2D eigenvalue weighted by Crippen LogP contribution is -1.93. The van der Waals surface area contributed by atoms with Crippen LogP contribution in [0.4, 0.5) is 4.39 Å². The first-order valence-corrected chi connectivity index (χ1v) is 4.17. The average molecular weight is 177 g/mol. The predicted molar refractivity (Wildman–Crippen MR) is 45.6 cm³/mol. The van der Waals surface area contributed by atoms with E-state index in [1.807, 2.05) is 6.07 Å². The van der Waals surface area contributed by atoms with E-state index in [1.54, 1.807) is 6.07 Å². The van der Waals surface area contributed by atoms with E-state index in [0.717, 1.165) is 12.0 Å². The molecule has 0 amide bonds. The standard InChI is InChI=1S/C10H8FNO/c11-8-3-1-2-7-4-5-9(10(7)8)12-6-13/h1-3,9H,4-5H2. The molecule has 3 heteroatoms. The Morgan fingerprint density at radius 3 is 3.15 bits per heavy atom. The highest BCUT2D eigenvalue weighted by atomic mass is 19.1. The molecule has 0 fully saturated rings. The molecule has 2 rings (SSSR count). The van der Waals surface area contributed by atoms with Crippen molar-refractivity contribution >= 4 is 6.08 Å². The minimum atomic E-state index is -0.311.